The Morgan fingerprint density at radius 2 is 1.43 bits per heavy atom. The van der Waals surface area contributed by atoms with Crippen LogP contribution in [0.3, 0.4) is 0 Å². The number of benzene rings is 2. The van der Waals surface area contributed by atoms with Gasteiger partial charge >= 0.3 is 0 Å². The van der Waals surface area contributed by atoms with Gasteiger partial charge in [-0.2, -0.15) is 0 Å². The fourth-order valence-electron chi connectivity index (χ4n) is 2.37. The molecule has 0 aliphatic rings. The smallest absolute Gasteiger partial charge is 0.193 e. The first-order valence-electron chi connectivity index (χ1n) is 7.24. The number of carbonyl (C=O) groups excluding carboxylic acids is 2. The van der Waals surface area contributed by atoms with Crippen LogP contribution in [0.2, 0.25) is 0 Å². The molecule has 0 radical (unpaired) electrons. The van der Waals surface area contributed by atoms with Gasteiger partial charge in [0.15, 0.2) is 5.78 Å². The molecule has 0 saturated heterocycles. The first-order valence-corrected chi connectivity index (χ1v) is 7.24. The van der Waals surface area contributed by atoms with E-state index in [2.05, 4.69) is 0 Å². The Kier molecular flexibility index (Phi) is 4.69. The summed E-state index contributed by atoms with van der Waals surface area (Å²) in [5.74, 6) is -0.0111. The van der Waals surface area contributed by atoms with Crippen molar-refractivity contribution in [3.8, 4) is 0 Å². The zero-order valence-corrected chi connectivity index (χ0v) is 12.7. The average molecular weight is 280 g/mol. The summed E-state index contributed by atoms with van der Waals surface area (Å²) >= 11 is 0. The van der Waals surface area contributed by atoms with Crippen LogP contribution >= 0.6 is 0 Å². The lowest BCUT2D eigenvalue weighted by Crippen LogP contribution is -2.15. The standard InChI is InChI=1S/C19H20O2/c1-13(2)18(20)14(3)16-10-7-11-17(12-16)19(21)15-8-5-4-6-9-15/h4-14H,1-3H3/t14-/m0/s1. The van der Waals surface area contributed by atoms with E-state index in [4.69, 9.17) is 0 Å². The van der Waals surface area contributed by atoms with Gasteiger partial charge in [0.25, 0.3) is 0 Å². The van der Waals surface area contributed by atoms with Gasteiger partial charge < -0.3 is 0 Å². The van der Waals surface area contributed by atoms with Crippen LogP contribution in [0.25, 0.3) is 0 Å². The lowest BCUT2D eigenvalue weighted by atomic mass is 9.89. The predicted octanol–water partition coefficient (Wildman–Crippen LogP) is 4.25. The number of ketones is 2. The topological polar surface area (TPSA) is 34.1 Å². The van der Waals surface area contributed by atoms with Gasteiger partial charge in [-0.3, -0.25) is 9.59 Å². The average Bonchev–Trinajstić information content (AvgIpc) is 2.53. The minimum absolute atomic E-state index is 0.00604. The number of carbonyl (C=O) groups is 2. The fraction of sp³-hybridized carbons (Fsp3) is 0.263. The van der Waals surface area contributed by atoms with E-state index in [1.165, 1.54) is 0 Å². The van der Waals surface area contributed by atoms with Crippen molar-refractivity contribution < 1.29 is 9.59 Å². The molecular weight excluding hydrogens is 260 g/mol. The minimum Gasteiger partial charge on any atom is -0.299 e. The summed E-state index contributed by atoms with van der Waals surface area (Å²) in [6.07, 6.45) is 0. The van der Waals surface area contributed by atoms with Crippen molar-refractivity contribution in [2.45, 2.75) is 26.7 Å². The van der Waals surface area contributed by atoms with Gasteiger partial charge in [-0.15, -0.1) is 0 Å². The molecule has 0 aliphatic heterocycles. The molecule has 108 valence electrons. The summed E-state index contributed by atoms with van der Waals surface area (Å²) in [6, 6.07) is 16.6. The van der Waals surface area contributed by atoms with Gasteiger partial charge in [0.05, 0.1) is 0 Å². The van der Waals surface area contributed by atoms with Crippen molar-refractivity contribution in [2.75, 3.05) is 0 Å². The van der Waals surface area contributed by atoms with E-state index < -0.39 is 0 Å². The zero-order chi connectivity index (χ0) is 15.4. The van der Waals surface area contributed by atoms with Crippen LogP contribution in [0.5, 0.6) is 0 Å². The zero-order valence-electron chi connectivity index (χ0n) is 12.7. The van der Waals surface area contributed by atoms with Crippen LogP contribution in [-0.4, -0.2) is 11.6 Å². The van der Waals surface area contributed by atoms with Crippen molar-refractivity contribution in [1.82, 2.24) is 0 Å². The molecule has 2 rings (SSSR count). The van der Waals surface area contributed by atoms with Crippen molar-refractivity contribution in [3.63, 3.8) is 0 Å². The largest absolute Gasteiger partial charge is 0.299 e. The second-order valence-corrected chi connectivity index (χ2v) is 5.60. The third-order valence-electron chi connectivity index (χ3n) is 3.68. The second kappa shape index (κ2) is 6.49. The van der Waals surface area contributed by atoms with Crippen LogP contribution in [0, 0.1) is 5.92 Å². The van der Waals surface area contributed by atoms with Crippen LogP contribution in [-0.2, 0) is 4.79 Å². The van der Waals surface area contributed by atoms with E-state index in [0.717, 1.165) is 5.56 Å². The van der Waals surface area contributed by atoms with E-state index in [0.29, 0.717) is 11.1 Å². The van der Waals surface area contributed by atoms with Crippen molar-refractivity contribution in [3.05, 3.63) is 71.3 Å². The summed E-state index contributed by atoms with van der Waals surface area (Å²) in [5.41, 5.74) is 2.19. The van der Waals surface area contributed by atoms with Gasteiger partial charge in [-0.25, -0.2) is 0 Å². The van der Waals surface area contributed by atoms with Crippen molar-refractivity contribution >= 4 is 11.6 Å². The van der Waals surface area contributed by atoms with Crippen LogP contribution in [0.4, 0.5) is 0 Å². The Labute approximate surface area is 125 Å². The molecule has 0 amide bonds. The Bertz CT molecular complexity index is 642. The van der Waals surface area contributed by atoms with E-state index in [1.807, 2.05) is 57.2 Å². The highest BCUT2D eigenvalue weighted by Gasteiger charge is 2.19. The lowest BCUT2D eigenvalue weighted by Gasteiger charge is -2.14. The summed E-state index contributed by atoms with van der Waals surface area (Å²) < 4.78 is 0. The molecule has 0 bridgehead atoms. The maximum Gasteiger partial charge on any atom is 0.193 e. The minimum atomic E-state index is -0.187. The fourth-order valence-corrected chi connectivity index (χ4v) is 2.37. The van der Waals surface area contributed by atoms with E-state index >= 15 is 0 Å². The monoisotopic (exact) mass is 280 g/mol. The van der Waals surface area contributed by atoms with Crippen molar-refractivity contribution in [2.24, 2.45) is 5.92 Å². The van der Waals surface area contributed by atoms with Gasteiger partial charge in [0.1, 0.15) is 5.78 Å². The third-order valence-corrected chi connectivity index (χ3v) is 3.68. The molecule has 0 fully saturated rings. The molecule has 2 aromatic rings. The SMILES string of the molecule is CC(C)C(=O)[C@@H](C)c1cccc(C(=O)c2ccccc2)c1. The highest BCUT2D eigenvalue weighted by molar-refractivity contribution is 6.09. The molecule has 0 aromatic heterocycles. The third kappa shape index (κ3) is 3.46. The Morgan fingerprint density at radius 1 is 0.810 bits per heavy atom. The van der Waals surface area contributed by atoms with Crippen LogP contribution in [0.1, 0.15) is 48.2 Å². The summed E-state index contributed by atoms with van der Waals surface area (Å²) in [6.45, 7) is 5.70. The van der Waals surface area contributed by atoms with Gasteiger partial charge in [-0.1, -0.05) is 69.3 Å². The van der Waals surface area contributed by atoms with Crippen molar-refractivity contribution in [1.29, 1.82) is 0 Å². The highest BCUT2D eigenvalue weighted by Crippen LogP contribution is 2.22. The molecule has 0 spiro atoms. The van der Waals surface area contributed by atoms with Crippen LogP contribution < -0.4 is 0 Å². The summed E-state index contributed by atoms with van der Waals surface area (Å²) in [5, 5.41) is 0. The predicted molar refractivity (Wildman–Crippen MR) is 84.6 cm³/mol. The first kappa shape index (κ1) is 15.2. The lowest BCUT2D eigenvalue weighted by molar-refractivity contribution is -0.123. The molecule has 0 heterocycles. The molecule has 2 heteroatoms. The van der Waals surface area contributed by atoms with E-state index in [-0.39, 0.29) is 23.4 Å². The molecule has 2 aromatic carbocycles. The molecule has 0 saturated carbocycles. The highest BCUT2D eigenvalue weighted by atomic mass is 16.1. The Hall–Kier alpha value is -2.22. The molecule has 0 unspecified atom stereocenters. The maximum absolute atomic E-state index is 12.4. The first-order chi connectivity index (χ1) is 10.0. The van der Waals surface area contributed by atoms with Gasteiger partial charge in [0, 0.05) is 23.0 Å². The molecule has 21 heavy (non-hydrogen) atoms. The van der Waals surface area contributed by atoms with Gasteiger partial charge in [0.2, 0.25) is 0 Å². The molecule has 1 atom stereocenters. The summed E-state index contributed by atoms with van der Waals surface area (Å²) in [7, 11) is 0. The number of rotatable bonds is 5. The van der Waals surface area contributed by atoms with Gasteiger partial charge in [-0.05, 0) is 11.6 Å². The molecule has 2 nitrogen and oxygen atoms in total. The number of hydrogen-bond donors (Lipinski definition) is 0. The quantitative estimate of drug-likeness (QED) is 0.767. The Balaban J connectivity index is 2.30. The number of Topliss-reactive ketones (excluding diaryl/α,β-unsaturated/α-hetero) is 1. The maximum atomic E-state index is 12.4. The number of hydrogen-bond acceptors (Lipinski definition) is 2. The Morgan fingerprint density at radius 3 is 2.05 bits per heavy atom. The summed E-state index contributed by atoms with van der Waals surface area (Å²) in [4.78, 5) is 24.5. The molecule has 0 aliphatic carbocycles. The molecular formula is C19H20O2. The van der Waals surface area contributed by atoms with E-state index in [1.54, 1.807) is 18.2 Å². The van der Waals surface area contributed by atoms with E-state index in [9.17, 15) is 9.59 Å². The second-order valence-electron chi connectivity index (χ2n) is 5.60. The van der Waals surface area contributed by atoms with Crippen LogP contribution in [0.15, 0.2) is 54.6 Å². The normalized spacial score (nSPS) is 12.2. The molecule has 0 N–H and O–H groups in total.